The number of hydrogen-bond donors (Lipinski definition) is 4. The van der Waals surface area contributed by atoms with Gasteiger partial charge in [0, 0.05) is 6.42 Å². The second kappa shape index (κ2) is 23.0. The van der Waals surface area contributed by atoms with Crippen molar-refractivity contribution in [3.05, 3.63) is 12.2 Å². The van der Waals surface area contributed by atoms with E-state index < -0.39 is 16.4 Å². The average molecular weight is 437 g/mol. The normalized spacial score (nSPS) is 12.1. The number of rotatable bonds is 15. The Labute approximate surface area is 208 Å². The number of hydrogen-bond acceptors (Lipinski definition) is 4. The molecule has 9 heteroatoms. The van der Waals surface area contributed by atoms with Gasteiger partial charge in [0.05, 0.1) is 6.10 Å². The molecule has 0 amide bonds. The van der Waals surface area contributed by atoms with Crippen LogP contribution in [-0.4, -0.2) is 39.8 Å². The fraction of sp³-hybridized carbons (Fsp3) is 0.833. The molecule has 0 aromatic heterocycles. The zero-order valence-corrected chi connectivity index (χ0v) is 20.8. The van der Waals surface area contributed by atoms with E-state index in [2.05, 4.69) is 19.1 Å². The van der Waals surface area contributed by atoms with E-state index in [0.717, 1.165) is 51.4 Å². The summed E-state index contributed by atoms with van der Waals surface area (Å²) >= 11 is 0. The van der Waals surface area contributed by atoms with E-state index in [1.807, 2.05) is 0 Å². The van der Waals surface area contributed by atoms with Crippen LogP contribution in [0.2, 0.25) is 0 Å². The Morgan fingerprint density at radius 1 is 0.963 bits per heavy atom. The molecule has 27 heavy (non-hydrogen) atoms. The van der Waals surface area contributed by atoms with Gasteiger partial charge in [0.1, 0.15) is 0 Å². The molecule has 0 aliphatic carbocycles. The Morgan fingerprint density at radius 3 is 2.04 bits per heavy atom. The van der Waals surface area contributed by atoms with Crippen LogP contribution in [-0.2, 0) is 15.2 Å². The smallest absolute Gasteiger partial charge is 1.00 e. The molecule has 0 fully saturated rings. The molecule has 0 aliphatic rings. The summed E-state index contributed by atoms with van der Waals surface area (Å²) in [5, 5.41) is 18.3. The van der Waals surface area contributed by atoms with E-state index in [-0.39, 0.29) is 58.9 Å². The summed E-state index contributed by atoms with van der Waals surface area (Å²) in [5.41, 5.74) is 0. The fourth-order valence-corrected chi connectivity index (χ4v) is 2.36. The van der Waals surface area contributed by atoms with E-state index >= 15 is 0 Å². The second-order valence-corrected chi connectivity index (χ2v) is 7.25. The Hall–Kier alpha value is 0.676. The zero-order chi connectivity index (χ0) is 20.3. The number of carbonyl (C=O) groups is 1. The summed E-state index contributed by atoms with van der Waals surface area (Å²) in [6, 6.07) is 0. The van der Waals surface area contributed by atoms with Crippen molar-refractivity contribution in [3.63, 3.8) is 0 Å². The first-order chi connectivity index (χ1) is 12.2. The largest absolute Gasteiger partial charge is 1.00 e. The molecular formula is C18H37KO7S. The van der Waals surface area contributed by atoms with Crippen LogP contribution in [0.5, 0.6) is 0 Å². The summed E-state index contributed by atoms with van der Waals surface area (Å²) in [7, 11) is -4.67. The quantitative estimate of drug-likeness (QED) is 0.132. The van der Waals surface area contributed by atoms with Gasteiger partial charge in [-0.25, -0.2) is 0 Å². The van der Waals surface area contributed by atoms with Gasteiger partial charge in [-0.15, -0.1) is 0 Å². The third-order valence-electron chi connectivity index (χ3n) is 3.73. The summed E-state index contributed by atoms with van der Waals surface area (Å²) in [6.07, 6.45) is 17.4. The van der Waals surface area contributed by atoms with E-state index in [9.17, 15) is 9.90 Å². The molecule has 0 saturated carbocycles. The Bertz CT molecular complexity index is 451. The average Bonchev–Trinajstić information content (AvgIpc) is 2.51. The maximum atomic E-state index is 10.3. The number of aliphatic carboxylic acids is 1. The van der Waals surface area contributed by atoms with Crippen LogP contribution < -0.4 is 51.4 Å². The van der Waals surface area contributed by atoms with Crippen molar-refractivity contribution in [2.24, 2.45) is 0 Å². The van der Waals surface area contributed by atoms with Crippen LogP contribution in [0.1, 0.15) is 91.8 Å². The summed E-state index contributed by atoms with van der Waals surface area (Å²) in [4.78, 5) is 10.3. The second-order valence-electron chi connectivity index (χ2n) is 6.36. The fourth-order valence-electron chi connectivity index (χ4n) is 2.36. The minimum atomic E-state index is -4.67. The molecule has 0 aromatic carbocycles. The molecule has 0 heterocycles. The molecule has 0 saturated heterocycles. The van der Waals surface area contributed by atoms with E-state index in [1.165, 1.54) is 25.7 Å². The summed E-state index contributed by atoms with van der Waals surface area (Å²) < 4.78 is 31.6. The van der Waals surface area contributed by atoms with Gasteiger partial charge in [-0.2, -0.15) is 8.42 Å². The van der Waals surface area contributed by atoms with Gasteiger partial charge < -0.3 is 11.6 Å². The molecule has 0 rings (SSSR count). The van der Waals surface area contributed by atoms with Crippen LogP contribution in [0.3, 0.4) is 0 Å². The van der Waals surface area contributed by atoms with Gasteiger partial charge in [-0.05, 0) is 32.1 Å². The molecule has 0 unspecified atom stereocenters. The number of allylic oxidation sites excluding steroid dienone is 1. The van der Waals surface area contributed by atoms with Crippen molar-refractivity contribution in [1.82, 2.24) is 0 Å². The van der Waals surface area contributed by atoms with Crippen LogP contribution in [0.15, 0.2) is 12.2 Å². The first-order valence-electron chi connectivity index (χ1n) is 9.41. The van der Waals surface area contributed by atoms with Gasteiger partial charge in [-0.1, -0.05) is 64.0 Å². The summed E-state index contributed by atoms with van der Waals surface area (Å²) in [5.74, 6) is -0.689. The Kier molecular flexibility index (Phi) is 27.5. The van der Waals surface area contributed by atoms with E-state index in [0.29, 0.717) is 6.42 Å². The molecule has 0 aliphatic heterocycles. The van der Waals surface area contributed by atoms with Crippen LogP contribution in [0.25, 0.3) is 0 Å². The van der Waals surface area contributed by atoms with Gasteiger partial charge in [0.15, 0.2) is 0 Å². The van der Waals surface area contributed by atoms with Crippen molar-refractivity contribution in [2.75, 3.05) is 0 Å². The molecule has 0 aromatic rings. The minimum absolute atomic E-state index is 0. The van der Waals surface area contributed by atoms with Gasteiger partial charge in [0.2, 0.25) is 0 Å². The number of aliphatic hydroxyl groups is 1. The number of carboxylic acid groups (broad SMARTS) is 1. The third-order valence-corrected chi connectivity index (χ3v) is 3.73. The van der Waals surface area contributed by atoms with Crippen molar-refractivity contribution >= 4 is 16.4 Å². The SMILES string of the molecule is CCCCCC[C@@H](O)C/C=C\CCCCCCCC(=O)O.O=S(=O)(O)O.[H-].[K+]. The predicted molar refractivity (Wildman–Crippen MR) is 104 cm³/mol. The van der Waals surface area contributed by atoms with Gasteiger partial charge >= 0.3 is 67.8 Å². The number of carboxylic acids is 1. The standard InChI is InChI=1S/C18H34O3.K.H2O4S.H/c1-2-3-4-11-14-17(19)15-12-9-7-5-6-8-10-13-16-18(20)21;;1-5(2,3)4;/h9,12,17,19H,2-8,10-11,13-16H2,1H3,(H,20,21);;(H2,1,2,3,4);/q;+1;;-1/b12-9-;;;/t17-;;;/m1.../s1. The van der Waals surface area contributed by atoms with Crippen molar-refractivity contribution in [1.29, 1.82) is 0 Å². The predicted octanol–water partition coefficient (Wildman–Crippen LogP) is 1.54. The molecule has 0 radical (unpaired) electrons. The van der Waals surface area contributed by atoms with Crippen LogP contribution >= 0.6 is 0 Å². The summed E-state index contributed by atoms with van der Waals surface area (Å²) in [6.45, 7) is 2.20. The molecule has 4 N–H and O–H groups in total. The van der Waals surface area contributed by atoms with E-state index in [1.54, 1.807) is 0 Å². The third kappa shape index (κ3) is 42.0. The van der Waals surface area contributed by atoms with Crippen LogP contribution in [0.4, 0.5) is 0 Å². The molecule has 7 nitrogen and oxygen atoms in total. The first kappa shape index (κ1) is 32.3. The maximum absolute atomic E-state index is 10.3. The molecule has 158 valence electrons. The number of unbranched alkanes of at least 4 members (excludes halogenated alkanes) is 8. The van der Waals surface area contributed by atoms with E-state index in [4.69, 9.17) is 22.6 Å². The molecule has 0 spiro atoms. The molecule has 1 atom stereocenters. The van der Waals surface area contributed by atoms with Crippen molar-refractivity contribution < 1.29 is 85.3 Å². The van der Waals surface area contributed by atoms with Crippen molar-refractivity contribution in [3.8, 4) is 0 Å². The molecular weight excluding hydrogens is 399 g/mol. The monoisotopic (exact) mass is 436 g/mol. The molecule has 0 bridgehead atoms. The Balaban J connectivity index is -0.000000364. The van der Waals surface area contributed by atoms with Crippen LogP contribution in [0, 0.1) is 0 Å². The van der Waals surface area contributed by atoms with Gasteiger partial charge in [0.25, 0.3) is 0 Å². The van der Waals surface area contributed by atoms with Crippen molar-refractivity contribution in [2.45, 2.75) is 96.5 Å². The maximum Gasteiger partial charge on any atom is 1.00 e. The number of aliphatic hydroxyl groups excluding tert-OH is 1. The van der Waals surface area contributed by atoms with Gasteiger partial charge in [-0.3, -0.25) is 13.9 Å². The zero-order valence-electron chi connectivity index (χ0n) is 17.8. The topological polar surface area (TPSA) is 132 Å². The first-order valence-corrected chi connectivity index (χ1v) is 10.8. The minimum Gasteiger partial charge on any atom is -1.00 e. The Morgan fingerprint density at radius 2 is 1.48 bits per heavy atom.